The number of carbonyl (C=O) groups excluding carboxylic acids is 1. The topological polar surface area (TPSA) is 61.5 Å². The predicted molar refractivity (Wildman–Crippen MR) is 45.7 cm³/mol. The van der Waals surface area contributed by atoms with Crippen molar-refractivity contribution in [1.29, 1.82) is 0 Å². The molecule has 1 atom stereocenters. The zero-order chi connectivity index (χ0) is 9.40. The normalized spacial score (nSPS) is 12.6. The standard InChI is InChI=1S/C8H17NO3/c1-11-7(4-3-5-9)6-8(10)12-2/h7H,3-6,9H2,1-2H3. The Bertz CT molecular complexity index is 127. The van der Waals surface area contributed by atoms with Crippen molar-refractivity contribution >= 4 is 5.97 Å². The largest absolute Gasteiger partial charge is 0.469 e. The van der Waals surface area contributed by atoms with Gasteiger partial charge in [-0.3, -0.25) is 4.79 Å². The number of rotatable bonds is 6. The average molecular weight is 175 g/mol. The highest BCUT2D eigenvalue weighted by Gasteiger charge is 2.12. The summed E-state index contributed by atoms with van der Waals surface area (Å²) in [7, 11) is 2.96. The third-order valence-corrected chi connectivity index (χ3v) is 1.69. The second-order valence-electron chi connectivity index (χ2n) is 2.57. The van der Waals surface area contributed by atoms with E-state index in [0.29, 0.717) is 13.0 Å². The van der Waals surface area contributed by atoms with Gasteiger partial charge in [-0.1, -0.05) is 0 Å². The van der Waals surface area contributed by atoms with E-state index in [1.54, 1.807) is 7.11 Å². The van der Waals surface area contributed by atoms with Gasteiger partial charge in [0.15, 0.2) is 0 Å². The first kappa shape index (κ1) is 11.4. The monoisotopic (exact) mass is 175 g/mol. The molecule has 1 unspecified atom stereocenters. The molecule has 0 radical (unpaired) electrons. The maximum absolute atomic E-state index is 10.8. The molecule has 0 rings (SSSR count). The van der Waals surface area contributed by atoms with E-state index < -0.39 is 0 Å². The molecule has 4 nitrogen and oxygen atoms in total. The zero-order valence-corrected chi connectivity index (χ0v) is 7.71. The van der Waals surface area contributed by atoms with Crippen LogP contribution in [-0.4, -0.2) is 32.8 Å². The highest BCUT2D eigenvalue weighted by atomic mass is 16.5. The molecule has 0 aliphatic rings. The fraction of sp³-hybridized carbons (Fsp3) is 0.875. The Kier molecular flexibility index (Phi) is 6.70. The Labute approximate surface area is 73.0 Å². The highest BCUT2D eigenvalue weighted by molar-refractivity contribution is 5.69. The summed E-state index contributed by atoms with van der Waals surface area (Å²) in [6.45, 7) is 0.626. The maximum atomic E-state index is 10.8. The second kappa shape index (κ2) is 7.06. The number of carbonyl (C=O) groups is 1. The summed E-state index contributed by atoms with van der Waals surface area (Å²) in [4.78, 5) is 10.8. The number of esters is 1. The third-order valence-electron chi connectivity index (χ3n) is 1.69. The lowest BCUT2D eigenvalue weighted by Gasteiger charge is -2.12. The van der Waals surface area contributed by atoms with Gasteiger partial charge in [-0.25, -0.2) is 0 Å². The predicted octanol–water partition coefficient (Wildman–Crippen LogP) is 0.303. The molecule has 0 heterocycles. The minimum absolute atomic E-state index is 0.0546. The van der Waals surface area contributed by atoms with Gasteiger partial charge < -0.3 is 15.2 Å². The lowest BCUT2D eigenvalue weighted by molar-refractivity contribution is -0.143. The molecule has 12 heavy (non-hydrogen) atoms. The lowest BCUT2D eigenvalue weighted by Crippen LogP contribution is -2.18. The molecule has 0 amide bonds. The molecule has 0 saturated carbocycles. The summed E-state index contributed by atoms with van der Waals surface area (Å²) in [5, 5.41) is 0. The fourth-order valence-electron chi connectivity index (χ4n) is 0.918. The van der Waals surface area contributed by atoms with Gasteiger partial charge in [-0.2, -0.15) is 0 Å². The summed E-state index contributed by atoms with van der Waals surface area (Å²) in [5.74, 6) is -0.237. The van der Waals surface area contributed by atoms with Gasteiger partial charge in [0.1, 0.15) is 0 Å². The van der Waals surface area contributed by atoms with Gasteiger partial charge in [0.05, 0.1) is 19.6 Å². The number of methoxy groups -OCH3 is 2. The minimum atomic E-state index is -0.237. The molecule has 0 fully saturated rings. The molecular weight excluding hydrogens is 158 g/mol. The van der Waals surface area contributed by atoms with Crippen molar-refractivity contribution in [1.82, 2.24) is 0 Å². The Morgan fingerprint density at radius 2 is 2.17 bits per heavy atom. The first-order valence-corrected chi connectivity index (χ1v) is 4.04. The van der Waals surface area contributed by atoms with E-state index in [-0.39, 0.29) is 12.1 Å². The molecule has 0 saturated heterocycles. The number of ether oxygens (including phenoxy) is 2. The van der Waals surface area contributed by atoms with Crippen LogP contribution in [0.5, 0.6) is 0 Å². The summed E-state index contributed by atoms with van der Waals surface area (Å²) in [6, 6.07) is 0. The zero-order valence-electron chi connectivity index (χ0n) is 7.71. The lowest BCUT2D eigenvalue weighted by atomic mass is 10.1. The Balaban J connectivity index is 3.59. The second-order valence-corrected chi connectivity index (χ2v) is 2.57. The van der Waals surface area contributed by atoms with Gasteiger partial charge in [0.25, 0.3) is 0 Å². The molecular formula is C8H17NO3. The van der Waals surface area contributed by atoms with Crippen LogP contribution >= 0.6 is 0 Å². The van der Waals surface area contributed by atoms with Crippen LogP contribution in [0.3, 0.4) is 0 Å². The molecule has 0 spiro atoms. The van der Waals surface area contributed by atoms with Crippen LogP contribution in [-0.2, 0) is 14.3 Å². The summed E-state index contributed by atoms with van der Waals surface area (Å²) >= 11 is 0. The van der Waals surface area contributed by atoms with E-state index in [0.717, 1.165) is 12.8 Å². The first-order chi connectivity index (χ1) is 5.74. The molecule has 2 N–H and O–H groups in total. The number of hydrogen-bond donors (Lipinski definition) is 1. The van der Waals surface area contributed by atoms with Gasteiger partial charge in [0.2, 0.25) is 0 Å². The van der Waals surface area contributed by atoms with Gasteiger partial charge in [-0.15, -0.1) is 0 Å². The summed E-state index contributed by atoms with van der Waals surface area (Å²) < 4.78 is 9.58. The first-order valence-electron chi connectivity index (χ1n) is 4.04. The molecule has 0 aliphatic heterocycles. The average Bonchev–Trinajstić information content (AvgIpc) is 2.11. The van der Waals surface area contributed by atoms with Crippen molar-refractivity contribution in [2.45, 2.75) is 25.4 Å². The SMILES string of the molecule is COC(=O)CC(CCCN)OC. The summed E-state index contributed by atoms with van der Waals surface area (Å²) in [5.41, 5.74) is 5.32. The van der Waals surface area contributed by atoms with Crippen molar-refractivity contribution < 1.29 is 14.3 Å². The molecule has 4 heteroatoms. The van der Waals surface area contributed by atoms with E-state index in [9.17, 15) is 4.79 Å². The number of nitrogens with two attached hydrogens (primary N) is 1. The Hall–Kier alpha value is -0.610. The highest BCUT2D eigenvalue weighted by Crippen LogP contribution is 2.05. The van der Waals surface area contributed by atoms with E-state index in [1.165, 1.54) is 7.11 Å². The minimum Gasteiger partial charge on any atom is -0.469 e. The van der Waals surface area contributed by atoms with E-state index in [1.807, 2.05) is 0 Å². The van der Waals surface area contributed by atoms with Crippen LogP contribution in [0, 0.1) is 0 Å². The summed E-state index contributed by atoms with van der Waals surface area (Å²) in [6.07, 6.45) is 1.94. The van der Waals surface area contributed by atoms with E-state index >= 15 is 0 Å². The molecule has 0 bridgehead atoms. The molecule has 0 aromatic rings. The van der Waals surface area contributed by atoms with Crippen molar-refractivity contribution in [3.05, 3.63) is 0 Å². The van der Waals surface area contributed by atoms with Crippen LogP contribution in [0.1, 0.15) is 19.3 Å². The van der Waals surface area contributed by atoms with Crippen molar-refractivity contribution in [3.63, 3.8) is 0 Å². The van der Waals surface area contributed by atoms with Crippen molar-refractivity contribution in [3.8, 4) is 0 Å². The van der Waals surface area contributed by atoms with E-state index in [4.69, 9.17) is 10.5 Å². The molecule has 0 aliphatic carbocycles. The van der Waals surface area contributed by atoms with Crippen LogP contribution in [0.15, 0.2) is 0 Å². The maximum Gasteiger partial charge on any atom is 0.308 e. The molecule has 0 aromatic heterocycles. The van der Waals surface area contributed by atoms with Crippen LogP contribution in [0.25, 0.3) is 0 Å². The van der Waals surface area contributed by atoms with Gasteiger partial charge in [-0.05, 0) is 19.4 Å². The van der Waals surface area contributed by atoms with Crippen molar-refractivity contribution in [2.24, 2.45) is 5.73 Å². The van der Waals surface area contributed by atoms with Gasteiger partial charge >= 0.3 is 5.97 Å². The van der Waals surface area contributed by atoms with Crippen molar-refractivity contribution in [2.75, 3.05) is 20.8 Å². The van der Waals surface area contributed by atoms with Crippen LogP contribution in [0.2, 0.25) is 0 Å². The van der Waals surface area contributed by atoms with Crippen LogP contribution in [0.4, 0.5) is 0 Å². The van der Waals surface area contributed by atoms with Gasteiger partial charge in [0, 0.05) is 7.11 Å². The fourth-order valence-corrected chi connectivity index (χ4v) is 0.918. The molecule has 0 aromatic carbocycles. The smallest absolute Gasteiger partial charge is 0.308 e. The van der Waals surface area contributed by atoms with E-state index in [2.05, 4.69) is 4.74 Å². The Morgan fingerprint density at radius 3 is 2.58 bits per heavy atom. The Morgan fingerprint density at radius 1 is 1.50 bits per heavy atom. The quantitative estimate of drug-likeness (QED) is 0.590. The third kappa shape index (κ3) is 5.09. The van der Waals surface area contributed by atoms with Crippen LogP contribution < -0.4 is 5.73 Å². The number of hydrogen-bond acceptors (Lipinski definition) is 4. The molecule has 72 valence electrons.